The molecule has 5 heteroatoms. The predicted octanol–water partition coefficient (Wildman–Crippen LogP) is 12.5. The lowest BCUT2D eigenvalue weighted by atomic mass is 9.33. The summed E-state index contributed by atoms with van der Waals surface area (Å²) in [5.74, 6) is -0.528. The molecule has 0 unspecified atom stereocenters. The highest BCUT2D eigenvalue weighted by Gasteiger charge is 2.70. The zero-order valence-corrected chi connectivity index (χ0v) is 36.4. The van der Waals surface area contributed by atoms with Crippen molar-refractivity contribution < 1.29 is 24.2 Å². The van der Waals surface area contributed by atoms with E-state index in [4.69, 9.17) is 4.74 Å². The summed E-state index contributed by atoms with van der Waals surface area (Å²) < 4.78 is 6.31. The molecular weight excluding hydrogens is 681 g/mol. The van der Waals surface area contributed by atoms with E-state index < -0.39 is 11.4 Å². The monoisotopic (exact) mass is 753 g/mol. The molecule has 0 heterocycles. The molecule has 6 aliphatic carbocycles. The molecule has 0 radical (unpaired) electrons. The Morgan fingerprint density at radius 2 is 1.55 bits per heavy atom. The first-order valence-corrected chi connectivity index (χ1v) is 21.6. The lowest BCUT2D eigenvalue weighted by Crippen LogP contribution is -2.66. The van der Waals surface area contributed by atoms with E-state index >= 15 is 0 Å². The number of allylic oxidation sites excluding steroid dienone is 11. The van der Waals surface area contributed by atoms with Gasteiger partial charge in [0.1, 0.15) is 6.10 Å². The predicted molar refractivity (Wildman–Crippen MR) is 223 cm³/mol. The lowest BCUT2D eigenvalue weighted by molar-refractivity contribution is -0.209. The highest BCUT2D eigenvalue weighted by Crippen LogP contribution is 2.75. The SMILES string of the molecule is CC(C=CC1=C(C)CCCC1(C)C)=CC=CC(C)=CC(=O)O[C@H]1CC[C@@]2(C)[C@@H](CC[C@]3(C)[C@H]2C(=O)C=C2[C@H]4C[C@@](C)(C(=O)O)CC[C@]4(C)CC[C@]23C)C1(C)C. The Bertz CT molecular complexity index is 1800. The normalized spacial score (nSPS) is 41.6. The van der Waals surface area contributed by atoms with Crippen molar-refractivity contribution >= 4 is 17.7 Å². The summed E-state index contributed by atoms with van der Waals surface area (Å²) in [6, 6.07) is 0. The van der Waals surface area contributed by atoms with Crippen molar-refractivity contribution in [3.8, 4) is 0 Å². The number of rotatable bonds is 7. The minimum Gasteiger partial charge on any atom is -0.481 e. The van der Waals surface area contributed by atoms with Crippen molar-refractivity contribution in [2.24, 2.45) is 55.7 Å². The van der Waals surface area contributed by atoms with Gasteiger partial charge in [0.2, 0.25) is 0 Å². The number of ketones is 1. The molecule has 0 bridgehead atoms. The molecule has 0 saturated heterocycles. The first-order chi connectivity index (χ1) is 25.4. The highest BCUT2D eigenvalue weighted by molar-refractivity contribution is 5.95. The molecule has 302 valence electrons. The second-order valence-corrected chi connectivity index (χ2v) is 21.8. The van der Waals surface area contributed by atoms with E-state index in [-0.39, 0.29) is 68.1 Å². The van der Waals surface area contributed by atoms with Crippen LogP contribution in [0.2, 0.25) is 0 Å². The maximum absolute atomic E-state index is 14.7. The fourth-order valence-electron chi connectivity index (χ4n) is 13.6. The second kappa shape index (κ2) is 14.2. The van der Waals surface area contributed by atoms with Gasteiger partial charge in [0.15, 0.2) is 5.78 Å². The number of hydrogen-bond donors (Lipinski definition) is 1. The number of fused-ring (bicyclic) bond motifs is 7. The van der Waals surface area contributed by atoms with E-state index in [9.17, 15) is 19.5 Å². The van der Waals surface area contributed by atoms with Gasteiger partial charge in [-0.1, -0.05) is 102 Å². The number of carboxylic acid groups (broad SMARTS) is 1. The largest absolute Gasteiger partial charge is 0.481 e. The van der Waals surface area contributed by atoms with Crippen LogP contribution >= 0.6 is 0 Å². The molecule has 0 aromatic heterocycles. The molecule has 0 spiro atoms. The number of carbonyl (C=O) groups is 3. The van der Waals surface area contributed by atoms with Gasteiger partial charge in [-0.15, -0.1) is 0 Å². The Kier molecular flexibility index (Phi) is 10.7. The summed E-state index contributed by atoms with van der Waals surface area (Å²) >= 11 is 0. The average molecular weight is 753 g/mol. The van der Waals surface area contributed by atoms with Gasteiger partial charge in [-0.05, 0) is 161 Å². The molecule has 0 amide bonds. The molecule has 0 aromatic carbocycles. The van der Waals surface area contributed by atoms with Crippen LogP contribution in [0.25, 0.3) is 0 Å². The number of carbonyl (C=O) groups excluding carboxylic acids is 2. The quantitative estimate of drug-likeness (QED) is 0.159. The Morgan fingerprint density at radius 1 is 0.855 bits per heavy atom. The highest BCUT2D eigenvalue weighted by atomic mass is 16.5. The van der Waals surface area contributed by atoms with Gasteiger partial charge < -0.3 is 9.84 Å². The van der Waals surface area contributed by atoms with Gasteiger partial charge in [0.05, 0.1) is 5.41 Å². The molecule has 0 aliphatic heterocycles. The minimum atomic E-state index is -0.755. The third-order valence-corrected chi connectivity index (χ3v) is 17.4. The van der Waals surface area contributed by atoms with Gasteiger partial charge in [0, 0.05) is 17.4 Å². The Labute approximate surface area is 333 Å². The van der Waals surface area contributed by atoms with E-state index in [1.165, 1.54) is 36.0 Å². The minimum absolute atomic E-state index is 0.0354. The first-order valence-electron chi connectivity index (χ1n) is 21.6. The lowest BCUT2D eigenvalue weighted by Gasteiger charge is -2.70. The summed E-state index contributed by atoms with van der Waals surface area (Å²) in [5, 5.41) is 10.2. The fraction of sp³-hybridized carbons (Fsp3) is 0.700. The molecule has 1 N–H and O–H groups in total. The number of esters is 1. The Hall–Kier alpha value is -2.95. The van der Waals surface area contributed by atoms with Crippen LogP contribution in [-0.2, 0) is 19.1 Å². The number of ether oxygens (including phenoxy) is 1. The number of aliphatic carboxylic acids is 1. The van der Waals surface area contributed by atoms with Crippen LogP contribution in [0.3, 0.4) is 0 Å². The fourth-order valence-corrected chi connectivity index (χ4v) is 13.6. The average Bonchev–Trinajstić information content (AvgIpc) is 3.07. The van der Waals surface area contributed by atoms with Gasteiger partial charge in [-0.3, -0.25) is 9.59 Å². The smallest absolute Gasteiger partial charge is 0.331 e. The van der Waals surface area contributed by atoms with Crippen LogP contribution in [0.1, 0.15) is 160 Å². The van der Waals surface area contributed by atoms with E-state index in [0.717, 1.165) is 56.1 Å². The molecule has 6 rings (SSSR count). The van der Waals surface area contributed by atoms with Crippen molar-refractivity contribution in [2.45, 2.75) is 166 Å². The summed E-state index contributed by atoms with van der Waals surface area (Å²) in [6.07, 6.45) is 25.5. The summed E-state index contributed by atoms with van der Waals surface area (Å²) in [5.41, 5.74) is 4.82. The molecule has 4 fully saturated rings. The standard InChI is InChI=1S/C50H72O5/c1-32(18-19-35-34(3)17-14-22-44(35,4)5)15-13-16-33(2)29-41(52)55-40-21-23-48(10)39(45(40,6)7)20-24-50(12)42(48)38(51)30-36-37-31-47(9,43(53)54)26-25-46(37,8)27-28-49(36,50)11/h13,15-16,18-19,29-30,37,39-40,42H,14,17,20-28,31H2,1-12H3,(H,53,54)/t37-,39+,40+,42+,46-,47+,48+,49-,50-/m1/s1. The Balaban J connectivity index is 1.16. The van der Waals surface area contributed by atoms with Gasteiger partial charge in [-0.25, -0.2) is 4.79 Å². The first kappa shape index (κ1) is 41.7. The van der Waals surface area contributed by atoms with Crippen molar-refractivity contribution in [3.63, 3.8) is 0 Å². The van der Waals surface area contributed by atoms with E-state index in [1.54, 1.807) is 6.08 Å². The van der Waals surface area contributed by atoms with Crippen LogP contribution in [0.15, 0.2) is 70.4 Å². The molecular formula is C50H72O5. The molecule has 0 aromatic rings. The molecule has 5 nitrogen and oxygen atoms in total. The van der Waals surface area contributed by atoms with Crippen molar-refractivity contribution in [2.75, 3.05) is 0 Å². The van der Waals surface area contributed by atoms with Crippen molar-refractivity contribution in [1.82, 2.24) is 0 Å². The third kappa shape index (κ3) is 6.94. The van der Waals surface area contributed by atoms with Crippen molar-refractivity contribution in [1.29, 1.82) is 0 Å². The maximum Gasteiger partial charge on any atom is 0.331 e. The number of carboxylic acids is 1. The van der Waals surface area contributed by atoms with Gasteiger partial charge in [-0.2, -0.15) is 0 Å². The zero-order valence-electron chi connectivity index (χ0n) is 36.4. The summed E-state index contributed by atoms with van der Waals surface area (Å²) in [6.45, 7) is 27.0. The van der Waals surface area contributed by atoms with Crippen molar-refractivity contribution in [3.05, 3.63) is 70.4 Å². The zero-order chi connectivity index (χ0) is 40.6. The van der Waals surface area contributed by atoms with Gasteiger partial charge >= 0.3 is 11.9 Å². The van der Waals surface area contributed by atoms with E-state index in [1.807, 2.05) is 32.1 Å². The van der Waals surface area contributed by atoms with E-state index in [0.29, 0.717) is 12.8 Å². The molecule has 9 atom stereocenters. The molecule has 55 heavy (non-hydrogen) atoms. The van der Waals surface area contributed by atoms with Crippen LogP contribution in [0.5, 0.6) is 0 Å². The van der Waals surface area contributed by atoms with E-state index in [2.05, 4.69) is 87.5 Å². The van der Waals surface area contributed by atoms with Crippen LogP contribution in [-0.4, -0.2) is 28.9 Å². The molecule has 6 aliphatic rings. The van der Waals surface area contributed by atoms with Gasteiger partial charge in [0.25, 0.3) is 0 Å². The molecule has 4 saturated carbocycles. The third-order valence-electron chi connectivity index (χ3n) is 17.4. The second-order valence-electron chi connectivity index (χ2n) is 21.8. The maximum atomic E-state index is 14.7. The van der Waals surface area contributed by atoms with Crippen LogP contribution < -0.4 is 0 Å². The number of hydrogen-bond acceptors (Lipinski definition) is 4. The Morgan fingerprint density at radius 3 is 2.22 bits per heavy atom. The van der Waals surface area contributed by atoms with Crippen LogP contribution in [0, 0.1) is 55.7 Å². The van der Waals surface area contributed by atoms with Crippen LogP contribution in [0.4, 0.5) is 0 Å². The summed E-state index contributed by atoms with van der Waals surface area (Å²) in [4.78, 5) is 40.6. The summed E-state index contributed by atoms with van der Waals surface area (Å²) in [7, 11) is 0. The topological polar surface area (TPSA) is 80.7 Å².